The molecule has 0 aliphatic rings. The van der Waals surface area contributed by atoms with Gasteiger partial charge >= 0.3 is 11.5 Å². The number of rotatable bonds is 4. The molecule has 0 bridgehead atoms. The summed E-state index contributed by atoms with van der Waals surface area (Å²) in [6.07, 6.45) is 0. The average molecular weight is 293 g/mol. The average Bonchev–Trinajstić information content (AvgIpc) is 2.27. The number of carbonyl (C=O) groups excluding carboxylic acids is 1. The molecule has 0 heterocycles. The van der Waals surface area contributed by atoms with Crippen LogP contribution in [0.1, 0.15) is 17.3 Å². The third-order valence-corrected chi connectivity index (χ3v) is 2.81. The number of hydrogen-bond donors (Lipinski definition) is 2. The minimum absolute atomic E-state index is 0.0460. The molecular formula is C11H10F3NO3S. The molecule has 1 aromatic carbocycles. The maximum absolute atomic E-state index is 12.1. The second kappa shape index (κ2) is 5.96. The summed E-state index contributed by atoms with van der Waals surface area (Å²) >= 11 is -0.286. The van der Waals surface area contributed by atoms with Gasteiger partial charge in [-0.25, -0.2) is 0 Å². The Morgan fingerprint density at radius 1 is 1.26 bits per heavy atom. The van der Waals surface area contributed by atoms with Crippen LogP contribution in [-0.2, 0) is 4.79 Å². The van der Waals surface area contributed by atoms with Crippen LogP contribution in [0.3, 0.4) is 0 Å². The number of halogens is 3. The molecule has 1 rings (SSSR count). The molecule has 0 aliphatic carbocycles. The number of hydrogen-bond acceptors (Lipinski definition) is 3. The molecule has 4 nitrogen and oxygen atoms in total. The summed E-state index contributed by atoms with van der Waals surface area (Å²) in [5.41, 5.74) is -4.29. The summed E-state index contributed by atoms with van der Waals surface area (Å²) in [5, 5.41) is 10.8. The molecule has 1 aromatic rings. The smallest absolute Gasteiger partial charge is 0.446 e. The summed E-state index contributed by atoms with van der Waals surface area (Å²) in [6, 6.07) is 3.64. The Kier molecular flexibility index (Phi) is 4.82. The van der Waals surface area contributed by atoms with Gasteiger partial charge in [-0.2, -0.15) is 13.2 Å². The van der Waals surface area contributed by atoms with Crippen molar-refractivity contribution >= 4 is 23.6 Å². The van der Waals surface area contributed by atoms with E-state index >= 15 is 0 Å². The zero-order chi connectivity index (χ0) is 14.6. The number of nitrogens with one attached hydrogen (secondary N) is 1. The lowest BCUT2D eigenvalue weighted by Crippen LogP contribution is -2.38. The molecular weight excluding hydrogens is 283 g/mol. The first kappa shape index (κ1) is 15.4. The van der Waals surface area contributed by atoms with E-state index in [0.29, 0.717) is 0 Å². The van der Waals surface area contributed by atoms with E-state index in [9.17, 15) is 22.8 Å². The molecule has 0 saturated heterocycles. The van der Waals surface area contributed by atoms with Crippen LogP contribution in [-0.4, -0.2) is 28.5 Å². The van der Waals surface area contributed by atoms with E-state index in [1.807, 2.05) is 0 Å². The standard InChI is InChI=1S/C11H10F3NO3S/c1-6(10(17)18)15-9(16)7-2-4-8(5-3-7)19-11(12,13)14/h2-6H,1H3,(H,15,16)(H,17,18)/t6-/m0/s1. The number of carbonyl (C=O) groups is 2. The molecule has 0 spiro atoms. The highest BCUT2D eigenvalue weighted by Gasteiger charge is 2.29. The van der Waals surface area contributed by atoms with Gasteiger partial charge in [0.25, 0.3) is 5.91 Å². The van der Waals surface area contributed by atoms with Gasteiger partial charge in [-0.15, -0.1) is 0 Å². The lowest BCUT2D eigenvalue weighted by molar-refractivity contribution is -0.138. The Bertz CT molecular complexity index is 473. The molecule has 104 valence electrons. The van der Waals surface area contributed by atoms with Crippen LogP contribution in [0.4, 0.5) is 13.2 Å². The summed E-state index contributed by atoms with van der Waals surface area (Å²) < 4.78 is 36.2. The Balaban J connectivity index is 2.71. The first-order chi connectivity index (χ1) is 8.69. The highest BCUT2D eigenvalue weighted by molar-refractivity contribution is 8.00. The molecule has 0 fully saturated rings. The summed E-state index contributed by atoms with van der Waals surface area (Å²) in [4.78, 5) is 22.0. The highest BCUT2D eigenvalue weighted by Crippen LogP contribution is 2.36. The molecule has 19 heavy (non-hydrogen) atoms. The van der Waals surface area contributed by atoms with Crippen molar-refractivity contribution in [3.05, 3.63) is 29.8 Å². The van der Waals surface area contributed by atoms with E-state index in [1.165, 1.54) is 19.1 Å². The third-order valence-electron chi connectivity index (χ3n) is 2.07. The van der Waals surface area contributed by atoms with Crippen molar-refractivity contribution in [1.82, 2.24) is 5.32 Å². The first-order valence-electron chi connectivity index (χ1n) is 5.08. The van der Waals surface area contributed by atoms with Crippen molar-refractivity contribution in [3.8, 4) is 0 Å². The molecule has 0 unspecified atom stereocenters. The second-order valence-corrected chi connectivity index (χ2v) is 4.74. The Labute approximate surface area is 111 Å². The van der Waals surface area contributed by atoms with Crippen LogP contribution >= 0.6 is 11.8 Å². The molecule has 1 amide bonds. The summed E-state index contributed by atoms with van der Waals surface area (Å²) in [7, 11) is 0. The maximum atomic E-state index is 12.1. The van der Waals surface area contributed by atoms with Crippen LogP contribution in [0.5, 0.6) is 0 Å². The Morgan fingerprint density at radius 2 is 1.79 bits per heavy atom. The van der Waals surface area contributed by atoms with Crippen molar-refractivity contribution < 1.29 is 27.9 Å². The zero-order valence-electron chi connectivity index (χ0n) is 9.69. The lowest BCUT2D eigenvalue weighted by Gasteiger charge is -2.10. The number of benzene rings is 1. The largest absolute Gasteiger partial charge is 0.480 e. The van der Waals surface area contributed by atoms with Gasteiger partial charge in [0.05, 0.1) is 0 Å². The SMILES string of the molecule is C[C@H](NC(=O)c1ccc(SC(F)(F)F)cc1)C(=O)O. The van der Waals surface area contributed by atoms with Crippen molar-refractivity contribution in [2.75, 3.05) is 0 Å². The van der Waals surface area contributed by atoms with Crippen molar-refractivity contribution in [2.24, 2.45) is 0 Å². The maximum Gasteiger partial charge on any atom is 0.446 e. The number of amides is 1. The minimum atomic E-state index is -4.39. The fourth-order valence-corrected chi connectivity index (χ4v) is 1.69. The summed E-state index contributed by atoms with van der Waals surface area (Å²) in [5.74, 6) is -1.85. The highest BCUT2D eigenvalue weighted by atomic mass is 32.2. The predicted octanol–water partition coefficient (Wildman–Crippen LogP) is 2.50. The number of carboxylic acid groups (broad SMARTS) is 1. The van der Waals surface area contributed by atoms with Gasteiger partial charge in [-0.3, -0.25) is 9.59 Å². The van der Waals surface area contributed by atoms with E-state index in [2.05, 4.69) is 5.32 Å². The lowest BCUT2D eigenvalue weighted by atomic mass is 10.2. The number of carboxylic acids is 1. The van der Waals surface area contributed by atoms with Gasteiger partial charge < -0.3 is 10.4 Å². The molecule has 8 heteroatoms. The molecule has 0 aliphatic heterocycles. The molecule has 0 radical (unpaired) electrons. The number of alkyl halides is 3. The van der Waals surface area contributed by atoms with Gasteiger partial charge in [-0.05, 0) is 43.0 Å². The van der Waals surface area contributed by atoms with E-state index < -0.39 is 23.4 Å². The first-order valence-corrected chi connectivity index (χ1v) is 5.90. The quantitative estimate of drug-likeness (QED) is 0.837. The molecule has 1 atom stereocenters. The van der Waals surface area contributed by atoms with Gasteiger partial charge in [0, 0.05) is 10.5 Å². The van der Waals surface area contributed by atoms with Gasteiger partial charge in [0.15, 0.2) is 0 Å². The van der Waals surface area contributed by atoms with Crippen LogP contribution in [0.25, 0.3) is 0 Å². The fraction of sp³-hybridized carbons (Fsp3) is 0.273. The van der Waals surface area contributed by atoms with Gasteiger partial charge in [0.2, 0.25) is 0 Å². The van der Waals surface area contributed by atoms with Crippen molar-refractivity contribution in [2.45, 2.75) is 23.4 Å². The van der Waals surface area contributed by atoms with Gasteiger partial charge in [-0.1, -0.05) is 0 Å². The van der Waals surface area contributed by atoms with E-state index in [1.54, 1.807) is 0 Å². The van der Waals surface area contributed by atoms with Gasteiger partial charge in [0.1, 0.15) is 6.04 Å². The zero-order valence-corrected chi connectivity index (χ0v) is 10.5. The summed E-state index contributed by atoms with van der Waals surface area (Å²) in [6.45, 7) is 1.29. The molecule has 0 aromatic heterocycles. The topological polar surface area (TPSA) is 66.4 Å². The number of aliphatic carboxylic acids is 1. The van der Waals surface area contributed by atoms with Crippen molar-refractivity contribution in [1.29, 1.82) is 0 Å². The van der Waals surface area contributed by atoms with Crippen LogP contribution < -0.4 is 5.32 Å². The monoisotopic (exact) mass is 293 g/mol. The van der Waals surface area contributed by atoms with Crippen LogP contribution in [0.2, 0.25) is 0 Å². The Morgan fingerprint density at radius 3 is 2.21 bits per heavy atom. The normalized spacial score (nSPS) is 12.8. The van der Waals surface area contributed by atoms with Crippen LogP contribution in [0.15, 0.2) is 29.2 Å². The number of thioether (sulfide) groups is 1. The second-order valence-electron chi connectivity index (χ2n) is 3.61. The van der Waals surface area contributed by atoms with E-state index in [-0.39, 0.29) is 22.2 Å². The molecule has 0 saturated carbocycles. The Hall–Kier alpha value is -1.70. The fourth-order valence-electron chi connectivity index (χ4n) is 1.15. The minimum Gasteiger partial charge on any atom is -0.480 e. The third kappa shape index (κ3) is 5.21. The van der Waals surface area contributed by atoms with Crippen molar-refractivity contribution in [3.63, 3.8) is 0 Å². The van der Waals surface area contributed by atoms with Crippen LogP contribution in [0, 0.1) is 0 Å². The van der Waals surface area contributed by atoms with E-state index in [4.69, 9.17) is 5.11 Å². The predicted molar refractivity (Wildman–Crippen MR) is 62.9 cm³/mol. The van der Waals surface area contributed by atoms with E-state index in [0.717, 1.165) is 12.1 Å². The molecule has 2 N–H and O–H groups in total.